The molecule has 0 aliphatic heterocycles. The maximum absolute atomic E-state index is 9.20. The van der Waals surface area contributed by atoms with Crippen molar-refractivity contribution in [3.05, 3.63) is 23.5 Å². The van der Waals surface area contributed by atoms with Crippen LogP contribution in [0, 0.1) is 11.3 Å². The van der Waals surface area contributed by atoms with Gasteiger partial charge < -0.3 is 5.32 Å². The molecule has 1 unspecified atom stereocenters. The van der Waals surface area contributed by atoms with E-state index in [9.17, 15) is 5.26 Å². The lowest BCUT2D eigenvalue weighted by Crippen LogP contribution is -2.34. The molecule has 0 aromatic heterocycles. The third-order valence-corrected chi connectivity index (χ3v) is 6.21. The Labute approximate surface area is 132 Å². The maximum Gasteiger partial charge on any atom is 0.0688 e. The zero-order valence-electron chi connectivity index (χ0n) is 14.8. The molecule has 0 rings (SSSR count). The lowest BCUT2D eigenvalue weighted by molar-refractivity contribution is 0.323. The molecule has 120 valence electrons. The van der Waals surface area contributed by atoms with E-state index in [0.717, 1.165) is 18.3 Å². The number of hydrogen-bond acceptors (Lipinski definition) is 3. The smallest absolute Gasteiger partial charge is 0.0688 e. The number of allylic oxidation sites excluding steroid dienone is 3. The molecule has 0 saturated carbocycles. The first-order valence-corrected chi connectivity index (χ1v) is 9.42. The van der Waals surface area contributed by atoms with Gasteiger partial charge in [-0.3, -0.25) is 4.67 Å². The minimum Gasteiger partial charge on any atom is -0.363 e. The third-order valence-electron chi connectivity index (χ3n) is 3.29. The van der Waals surface area contributed by atoms with Gasteiger partial charge in [0.15, 0.2) is 0 Å². The van der Waals surface area contributed by atoms with Gasteiger partial charge >= 0.3 is 0 Å². The summed E-state index contributed by atoms with van der Waals surface area (Å²) in [5.41, 5.74) is 3.58. The SMILES string of the molecule is C=C(C)N/C(CC)=C(/C)CP(CC#N)N(C(C)C)C(C)C. The molecule has 0 bridgehead atoms. The van der Waals surface area contributed by atoms with Gasteiger partial charge in [0.05, 0.1) is 12.2 Å². The van der Waals surface area contributed by atoms with E-state index in [1.807, 2.05) is 6.92 Å². The average Bonchev–Trinajstić information content (AvgIpc) is 2.34. The topological polar surface area (TPSA) is 39.1 Å². The Kier molecular flexibility index (Phi) is 9.58. The van der Waals surface area contributed by atoms with E-state index in [0.29, 0.717) is 18.2 Å². The van der Waals surface area contributed by atoms with Crippen LogP contribution in [0.5, 0.6) is 0 Å². The Hall–Kier alpha value is -0.840. The van der Waals surface area contributed by atoms with E-state index in [-0.39, 0.29) is 0 Å². The van der Waals surface area contributed by atoms with Gasteiger partial charge in [0.2, 0.25) is 0 Å². The molecule has 0 spiro atoms. The van der Waals surface area contributed by atoms with Crippen LogP contribution in [0.1, 0.15) is 54.9 Å². The Morgan fingerprint density at radius 1 is 1.24 bits per heavy atom. The van der Waals surface area contributed by atoms with Crippen molar-refractivity contribution in [2.75, 3.05) is 12.3 Å². The van der Waals surface area contributed by atoms with E-state index >= 15 is 0 Å². The molecule has 0 aliphatic rings. The van der Waals surface area contributed by atoms with Crippen molar-refractivity contribution in [1.82, 2.24) is 9.99 Å². The second kappa shape index (κ2) is 9.98. The van der Waals surface area contributed by atoms with Crippen LogP contribution < -0.4 is 5.32 Å². The van der Waals surface area contributed by atoms with Gasteiger partial charge in [-0.25, -0.2) is 0 Å². The zero-order chi connectivity index (χ0) is 16.6. The average molecular weight is 309 g/mol. The molecule has 0 fully saturated rings. The second-order valence-corrected chi connectivity index (χ2v) is 8.17. The van der Waals surface area contributed by atoms with Gasteiger partial charge in [0, 0.05) is 29.6 Å². The molecule has 0 aromatic carbocycles. The molecule has 21 heavy (non-hydrogen) atoms. The summed E-state index contributed by atoms with van der Waals surface area (Å²) < 4.78 is 2.51. The fourth-order valence-corrected chi connectivity index (χ4v) is 5.32. The quantitative estimate of drug-likeness (QED) is 0.620. The first kappa shape index (κ1) is 20.2. The molecule has 0 saturated heterocycles. The van der Waals surface area contributed by atoms with Crippen LogP contribution in [0.4, 0.5) is 0 Å². The van der Waals surface area contributed by atoms with Gasteiger partial charge in [-0.15, -0.1) is 0 Å². The first-order chi connectivity index (χ1) is 9.74. The zero-order valence-corrected chi connectivity index (χ0v) is 15.7. The highest BCUT2D eigenvalue weighted by Crippen LogP contribution is 2.45. The van der Waals surface area contributed by atoms with Gasteiger partial charge in [0.25, 0.3) is 0 Å². The predicted molar refractivity (Wildman–Crippen MR) is 95.3 cm³/mol. The molecule has 1 N–H and O–H groups in total. The van der Waals surface area contributed by atoms with Gasteiger partial charge in [-0.2, -0.15) is 5.26 Å². The van der Waals surface area contributed by atoms with E-state index in [4.69, 9.17) is 0 Å². The minimum absolute atomic E-state index is 0.461. The summed E-state index contributed by atoms with van der Waals surface area (Å²) >= 11 is 0. The molecule has 3 nitrogen and oxygen atoms in total. The molecule has 0 radical (unpaired) electrons. The number of nitriles is 1. The van der Waals surface area contributed by atoms with Crippen LogP contribution in [0.15, 0.2) is 23.5 Å². The van der Waals surface area contributed by atoms with E-state index in [1.165, 1.54) is 11.3 Å². The Bertz CT molecular complexity index is 397. The van der Waals surface area contributed by atoms with Crippen molar-refractivity contribution in [2.24, 2.45) is 0 Å². The maximum atomic E-state index is 9.20. The lowest BCUT2D eigenvalue weighted by Gasteiger charge is -2.37. The molecule has 1 atom stereocenters. The Balaban J connectivity index is 5.27. The highest BCUT2D eigenvalue weighted by molar-refractivity contribution is 7.55. The molecular formula is C17H32N3P. The molecular weight excluding hydrogens is 277 g/mol. The van der Waals surface area contributed by atoms with Crippen LogP contribution in [-0.2, 0) is 0 Å². The molecule has 0 aliphatic carbocycles. The molecule has 4 heteroatoms. The van der Waals surface area contributed by atoms with Crippen molar-refractivity contribution in [3.63, 3.8) is 0 Å². The monoisotopic (exact) mass is 309 g/mol. The van der Waals surface area contributed by atoms with Crippen LogP contribution in [0.25, 0.3) is 0 Å². The van der Waals surface area contributed by atoms with E-state index in [1.54, 1.807) is 0 Å². The number of rotatable bonds is 9. The summed E-state index contributed by atoms with van der Waals surface area (Å²) in [6.45, 7) is 19.1. The van der Waals surface area contributed by atoms with E-state index in [2.05, 4.69) is 64.2 Å². The fraction of sp³-hybridized carbons (Fsp3) is 0.706. The standard InChI is InChI=1S/C17H32N3P/c1-9-17(19-13(2)3)16(8)12-21(11-10-18)20(14(4)5)15(6)7/h14-15,19H,2,9,11-12H2,1,3-8H3/b17-16-. The summed E-state index contributed by atoms with van der Waals surface area (Å²) in [5.74, 6) is 0. The van der Waals surface area contributed by atoms with Crippen molar-refractivity contribution in [2.45, 2.75) is 67.0 Å². The summed E-state index contributed by atoms with van der Waals surface area (Å²) in [6.07, 6.45) is 2.59. The van der Waals surface area contributed by atoms with Gasteiger partial charge in [-0.1, -0.05) is 13.5 Å². The largest absolute Gasteiger partial charge is 0.363 e. The summed E-state index contributed by atoms with van der Waals surface area (Å²) in [7, 11) is -0.461. The van der Waals surface area contributed by atoms with Crippen LogP contribution in [0.3, 0.4) is 0 Å². The van der Waals surface area contributed by atoms with Gasteiger partial charge in [-0.05, 0) is 61.6 Å². The minimum atomic E-state index is -0.461. The number of hydrogen-bond donors (Lipinski definition) is 1. The molecule has 0 aromatic rings. The second-order valence-electron chi connectivity index (χ2n) is 6.07. The summed E-state index contributed by atoms with van der Waals surface area (Å²) in [6, 6.07) is 3.33. The summed E-state index contributed by atoms with van der Waals surface area (Å²) in [4.78, 5) is 0. The first-order valence-electron chi connectivity index (χ1n) is 7.75. The van der Waals surface area contributed by atoms with Gasteiger partial charge in [0.1, 0.15) is 0 Å². The van der Waals surface area contributed by atoms with E-state index < -0.39 is 8.07 Å². The number of nitrogens with zero attached hydrogens (tertiary/aromatic N) is 2. The third kappa shape index (κ3) is 7.11. The predicted octanol–water partition coefficient (Wildman–Crippen LogP) is 4.83. The Morgan fingerprint density at radius 2 is 1.76 bits per heavy atom. The fourth-order valence-electron chi connectivity index (χ4n) is 2.67. The number of nitrogens with one attached hydrogen (secondary N) is 1. The van der Waals surface area contributed by atoms with Crippen molar-refractivity contribution >= 4 is 8.07 Å². The lowest BCUT2D eigenvalue weighted by atomic mass is 10.2. The summed E-state index contributed by atoms with van der Waals surface area (Å²) in [5, 5.41) is 12.6. The molecule has 0 amide bonds. The Morgan fingerprint density at radius 3 is 2.10 bits per heavy atom. The van der Waals surface area contributed by atoms with Crippen molar-refractivity contribution < 1.29 is 0 Å². The highest BCUT2D eigenvalue weighted by Gasteiger charge is 2.24. The van der Waals surface area contributed by atoms with Crippen molar-refractivity contribution in [3.8, 4) is 6.07 Å². The van der Waals surface area contributed by atoms with Crippen molar-refractivity contribution in [1.29, 1.82) is 5.26 Å². The highest BCUT2D eigenvalue weighted by atomic mass is 31.1. The van der Waals surface area contributed by atoms with Crippen LogP contribution in [-0.4, -0.2) is 29.1 Å². The van der Waals surface area contributed by atoms with Crippen LogP contribution >= 0.6 is 8.07 Å². The molecule has 0 heterocycles. The van der Waals surface area contributed by atoms with Crippen LogP contribution in [0.2, 0.25) is 0 Å². The normalized spacial score (nSPS) is 14.1.